The number of morpholine rings is 1. The van der Waals surface area contributed by atoms with Gasteiger partial charge < -0.3 is 4.74 Å². The highest BCUT2D eigenvalue weighted by atomic mass is 32.2. The fourth-order valence-electron chi connectivity index (χ4n) is 1.56. The van der Waals surface area contributed by atoms with E-state index in [1.807, 2.05) is 20.8 Å². The zero-order valence-corrected chi connectivity index (χ0v) is 10.8. The number of ether oxygens (including phenoxy) is 1. The van der Waals surface area contributed by atoms with Crippen LogP contribution in [-0.4, -0.2) is 55.9 Å². The summed E-state index contributed by atoms with van der Waals surface area (Å²) in [4.78, 5) is 0. The largest absolute Gasteiger partial charge is 0.375 e. The summed E-state index contributed by atoms with van der Waals surface area (Å²) >= 11 is 0. The van der Waals surface area contributed by atoms with Gasteiger partial charge in [-0.25, -0.2) is 0 Å². The summed E-state index contributed by atoms with van der Waals surface area (Å²) in [6.45, 7) is 6.47. The second-order valence-electron chi connectivity index (χ2n) is 4.76. The lowest BCUT2D eigenvalue weighted by atomic mass is 10.1. The first-order chi connectivity index (χ1) is 6.68. The van der Waals surface area contributed by atoms with Crippen LogP contribution in [-0.2, 0) is 14.9 Å². The van der Waals surface area contributed by atoms with E-state index < -0.39 is 15.7 Å². The van der Waals surface area contributed by atoms with Crippen molar-refractivity contribution in [1.82, 2.24) is 8.61 Å². The van der Waals surface area contributed by atoms with E-state index in [0.717, 1.165) is 0 Å². The number of hydrogen-bond acceptors (Lipinski definition) is 3. The van der Waals surface area contributed by atoms with Gasteiger partial charge in [0.05, 0.1) is 18.2 Å². The summed E-state index contributed by atoms with van der Waals surface area (Å²) in [7, 11) is -0.260. The van der Waals surface area contributed by atoms with Crippen molar-refractivity contribution in [2.75, 3.05) is 27.2 Å². The lowest BCUT2D eigenvalue weighted by molar-refractivity contribution is -0.0566. The van der Waals surface area contributed by atoms with E-state index in [-0.39, 0.29) is 6.10 Å². The minimum atomic E-state index is -3.35. The highest BCUT2D eigenvalue weighted by Gasteiger charge is 2.41. The van der Waals surface area contributed by atoms with Crippen molar-refractivity contribution in [3.05, 3.63) is 0 Å². The van der Waals surface area contributed by atoms with E-state index in [2.05, 4.69) is 0 Å². The molecular weight excluding hydrogens is 216 g/mol. The molecule has 0 aromatic rings. The first-order valence-electron chi connectivity index (χ1n) is 5.00. The Morgan fingerprint density at radius 1 is 1.40 bits per heavy atom. The number of rotatable bonds is 2. The fraction of sp³-hybridized carbons (Fsp3) is 1.00. The molecule has 15 heavy (non-hydrogen) atoms. The second kappa shape index (κ2) is 4.01. The van der Waals surface area contributed by atoms with Crippen molar-refractivity contribution < 1.29 is 13.2 Å². The molecule has 1 rings (SSSR count). The molecule has 0 saturated carbocycles. The predicted octanol–water partition coefficient (Wildman–Crippen LogP) is 0.292. The molecular formula is C9H20N2O3S. The average molecular weight is 236 g/mol. The molecule has 0 bridgehead atoms. The zero-order chi connectivity index (χ0) is 11.9. The maximum absolute atomic E-state index is 12.0. The van der Waals surface area contributed by atoms with E-state index in [9.17, 15) is 8.42 Å². The molecule has 0 N–H and O–H groups in total. The van der Waals surface area contributed by atoms with Crippen LogP contribution in [0.25, 0.3) is 0 Å². The number of nitrogens with zero attached hydrogens (tertiary/aromatic N) is 2. The summed E-state index contributed by atoms with van der Waals surface area (Å²) in [6.07, 6.45) is -0.0484. The van der Waals surface area contributed by atoms with Crippen molar-refractivity contribution in [2.45, 2.75) is 32.4 Å². The molecule has 6 heteroatoms. The Morgan fingerprint density at radius 2 is 1.93 bits per heavy atom. The molecule has 90 valence electrons. The van der Waals surface area contributed by atoms with Crippen LogP contribution in [0.2, 0.25) is 0 Å². The summed E-state index contributed by atoms with van der Waals surface area (Å²) < 4.78 is 32.3. The van der Waals surface area contributed by atoms with Crippen LogP contribution in [0.3, 0.4) is 0 Å². The van der Waals surface area contributed by atoms with E-state index >= 15 is 0 Å². The minimum absolute atomic E-state index is 0.0484. The van der Waals surface area contributed by atoms with Gasteiger partial charge in [0.2, 0.25) is 0 Å². The first-order valence-corrected chi connectivity index (χ1v) is 6.39. The van der Waals surface area contributed by atoms with Crippen molar-refractivity contribution in [1.29, 1.82) is 0 Å². The Labute approximate surface area is 92.2 Å². The molecule has 1 saturated heterocycles. The van der Waals surface area contributed by atoms with E-state index in [1.165, 1.54) is 8.61 Å². The topological polar surface area (TPSA) is 49.9 Å². The Balaban J connectivity index is 3.00. The predicted molar refractivity (Wildman–Crippen MR) is 58.8 cm³/mol. The van der Waals surface area contributed by atoms with Crippen molar-refractivity contribution >= 4 is 10.2 Å². The normalized spacial score (nSPS) is 28.3. The van der Waals surface area contributed by atoms with Gasteiger partial charge in [0.1, 0.15) is 0 Å². The monoisotopic (exact) mass is 236 g/mol. The Hall–Kier alpha value is -0.170. The van der Waals surface area contributed by atoms with Gasteiger partial charge in [0.15, 0.2) is 0 Å². The van der Waals surface area contributed by atoms with Crippen LogP contribution in [0.5, 0.6) is 0 Å². The molecule has 1 aliphatic heterocycles. The Kier molecular flexibility index (Phi) is 3.45. The molecule has 0 aliphatic carbocycles. The van der Waals surface area contributed by atoms with Crippen molar-refractivity contribution in [2.24, 2.45) is 0 Å². The molecule has 0 radical (unpaired) electrons. The van der Waals surface area contributed by atoms with Gasteiger partial charge in [-0.2, -0.15) is 17.0 Å². The summed E-state index contributed by atoms with van der Waals surface area (Å²) in [5.74, 6) is 0. The highest BCUT2D eigenvalue weighted by molar-refractivity contribution is 7.86. The minimum Gasteiger partial charge on any atom is -0.375 e. The standard InChI is InChI=1S/C9H20N2O3S/c1-8-6-11(9(2,3)7-14-8)15(12,13)10(4)5/h8H,6-7H2,1-5H3/t8-/m1/s1. The van der Waals surface area contributed by atoms with Gasteiger partial charge in [-0.15, -0.1) is 0 Å². The molecule has 0 aromatic heterocycles. The van der Waals surface area contributed by atoms with Crippen LogP contribution >= 0.6 is 0 Å². The van der Waals surface area contributed by atoms with E-state index in [1.54, 1.807) is 14.1 Å². The third-order valence-electron chi connectivity index (χ3n) is 2.56. The average Bonchev–Trinajstić information content (AvgIpc) is 2.09. The third kappa shape index (κ3) is 2.50. The Morgan fingerprint density at radius 3 is 2.40 bits per heavy atom. The lowest BCUT2D eigenvalue weighted by Crippen LogP contribution is -2.60. The molecule has 5 nitrogen and oxygen atoms in total. The van der Waals surface area contributed by atoms with Crippen LogP contribution in [0, 0.1) is 0 Å². The van der Waals surface area contributed by atoms with Gasteiger partial charge in [-0.3, -0.25) is 0 Å². The van der Waals surface area contributed by atoms with E-state index in [0.29, 0.717) is 13.2 Å². The smallest absolute Gasteiger partial charge is 0.282 e. The quantitative estimate of drug-likeness (QED) is 0.692. The number of hydrogen-bond donors (Lipinski definition) is 0. The molecule has 1 fully saturated rings. The zero-order valence-electron chi connectivity index (χ0n) is 10.0. The lowest BCUT2D eigenvalue weighted by Gasteiger charge is -2.44. The highest BCUT2D eigenvalue weighted by Crippen LogP contribution is 2.25. The van der Waals surface area contributed by atoms with Gasteiger partial charge in [0.25, 0.3) is 10.2 Å². The first kappa shape index (κ1) is 12.9. The molecule has 0 amide bonds. The van der Waals surface area contributed by atoms with Crippen molar-refractivity contribution in [3.8, 4) is 0 Å². The van der Waals surface area contributed by atoms with Crippen LogP contribution in [0.1, 0.15) is 20.8 Å². The summed E-state index contributed by atoms with van der Waals surface area (Å²) in [5, 5.41) is 0. The molecule has 1 aliphatic rings. The molecule has 1 heterocycles. The molecule has 0 spiro atoms. The maximum Gasteiger partial charge on any atom is 0.282 e. The second-order valence-corrected chi connectivity index (χ2v) is 6.82. The molecule has 0 unspecified atom stereocenters. The van der Waals surface area contributed by atoms with E-state index in [4.69, 9.17) is 4.74 Å². The molecule has 1 atom stereocenters. The van der Waals surface area contributed by atoms with Gasteiger partial charge in [0, 0.05) is 20.6 Å². The van der Waals surface area contributed by atoms with Crippen LogP contribution in [0.4, 0.5) is 0 Å². The third-order valence-corrected chi connectivity index (χ3v) is 4.68. The van der Waals surface area contributed by atoms with Gasteiger partial charge in [-0.05, 0) is 20.8 Å². The molecule has 0 aromatic carbocycles. The SMILES string of the molecule is C[C@@H]1CN(S(=O)(=O)N(C)C)C(C)(C)CO1. The van der Waals surface area contributed by atoms with Crippen molar-refractivity contribution in [3.63, 3.8) is 0 Å². The summed E-state index contributed by atoms with van der Waals surface area (Å²) in [6, 6.07) is 0. The fourth-order valence-corrected chi connectivity index (χ4v) is 3.02. The van der Waals surface area contributed by atoms with Crippen LogP contribution < -0.4 is 0 Å². The summed E-state index contributed by atoms with van der Waals surface area (Å²) in [5.41, 5.74) is -0.477. The van der Waals surface area contributed by atoms with Gasteiger partial charge in [-0.1, -0.05) is 0 Å². The Bertz CT molecular complexity index is 324. The van der Waals surface area contributed by atoms with Crippen LogP contribution in [0.15, 0.2) is 0 Å². The van der Waals surface area contributed by atoms with Gasteiger partial charge >= 0.3 is 0 Å². The maximum atomic E-state index is 12.0.